The summed E-state index contributed by atoms with van der Waals surface area (Å²) in [6.07, 6.45) is 0. The molecule has 0 aliphatic carbocycles. The predicted molar refractivity (Wildman–Crippen MR) is 80.4 cm³/mol. The molecule has 0 spiro atoms. The van der Waals surface area contributed by atoms with E-state index in [1.807, 2.05) is 31.2 Å². The van der Waals surface area contributed by atoms with E-state index in [1.54, 1.807) is 13.0 Å². The molecular weight excluding hydrogens is 296 g/mol. The number of ether oxygens (including phenoxy) is 1. The van der Waals surface area contributed by atoms with Crippen LogP contribution in [0.1, 0.15) is 12.5 Å². The highest BCUT2D eigenvalue weighted by atomic mass is 35.5. The molecule has 3 nitrogen and oxygen atoms in total. The molecule has 0 saturated carbocycles. The summed E-state index contributed by atoms with van der Waals surface area (Å²) in [7, 11) is -3.26. The zero-order valence-electron chi connectivity index (χ0n) is 11.3. The number of halogens is 1. The molecule has 0 atom stereocenters. The topological polar surface area (TPSA) is 43.4 Å². The van der Waals surface area contributed by atoms with Crippen molar-refractivity contribution >= 4 is 21.4 Å². The summed E-state index contributed by atoms with van der Waals surface area (Å²) >= 11 is 6.08. The van der Waals surface area contributed by atoms with Crippen LogP contribution >= 0.6 is 11.6 Å². The Bertz CT molecular complexity index is 706. The van der Waals surface area contributed by atoms with E-state index in [2.05, 4.69) is 0 Å². The van der Waals surface area contributed by atoms with Crippen LogP contribution in [0.25, 0.3) is 0 Å². The standard InChI is InChI=1S/C15H15ClO3S/c1-3-20(17,18)13-8-9-15(14(16)10-13)19-12-6-4-11(2)5-7-12/h4-10H,3H2,1-2H3. The fourth-order valence-corrected chi connectivity index (χ4v) is 2.85. The molecule has 106 valence electrons. The van der Waals surface area contributed by atoms with E-state index >= 15 is 0 Å². The van der Waals surface area contributed by atoms with Gasteiger partial charge in [-0.3, -0.25) is 0 Å². The van der Waals surface area contributed by atoms with Crippen LogP contribution in [0.15, 0.2) is 47.4 Å². The van der Waals surface area contributed by atoms with Gasteiger partial charge in [0.1, 0.15) is 11.5 Å². The third-order valence-electron chi connectivity index (χ3n) is 2.89. The van der Waals surface area contributed by atoms with Gasteiger partial charge in [0, 0.05) is 0 Å². The predicted octanol–water partition coefficient (Wildman–Crippen LogP) is 4.23. The Morgan fingerprint density at radius 3 is 2.30 bits per heavy atom. The summed E-state index contributed by atoms with van der Waals surface area (Å²) in [6.45, 7) is 3.58. The van der Waals surface area contributed by atoms with Crippen LogP contribution in [0.5, 0.6) is 11.5 Å². The summed E-state index contributed by atoms with van der Waals surface area (Å²) in [5.74, 6) is 1.13. The molecular formula is C15H15ClO3S. The fraction of sp³-hybridized carbons (Fsp3) is 0.200. The molecule has 20 heavy (non-hydrogen) atoms. The van der Waals surface area contributed by atoms with Crippen LogP contribution in [0, 0.1) is 6.92 Å². The van der Waals surface area contributed by atoms with E-state index in [9.17, 15) is 8.42 Å². The van der Waals surface area contributed by atoms with Crippen molar-refractivity contribution in [1.29, 1.82) is 0 Å². The Morgan fingerprint density at radius 1 is 1.10 bits per heavy atom. The quantitative estimate of drug-likeness (QED) is 0.848. The number of aryl methyl sites for hydroxylation is 1. The first-order valence-corrected chi connectivity index (χ1v) is 8.22. The second kappa shape index (κ2) is 5.85. The molecule has 5 heteroatoms. The molecule has 0 aliphatic rings. The highest BCUT2D eigenvalue weighted by Crippen LogP contribution is 2.31. The van der Waals surface area contributed by atoms with E-state index in [4.69, 9.17) is 16.3 Å². The molecule has 0 heterocycles. The number of hydrogen-bond acceptors (Lipinski definition) is 3. The van der Waals surface area contributed by atoms with Crippen molar-refractivity contribution < 1.29 is 13.2 Å². The zero-order valence-corrected chi connectivity index (χ0v) is 12.8. The first-order valence-electron chi connectivity index (χ1n) is 6.19. The lowest BCUT2D eigenvalue weighted by molar-refractivity contribution is 0.482. The minimum atomic E-state index is -3.26. The average Bonchev–Trinajstić information content (AvgIpc) is 2.43. The van der Waals surface area contributed by atoms with Crippen molar-refractivity contribution in [3.63, 3.8) is 0 Å². The van der Waals surface area contributed by atoms with Crippen LogP contribution in [0.2, 0.25) is 5.02 Å². The van der Waals surface area contributed by atoms with Crippen LogP contribution in [-0.4, -0.2) is 14.2 Å². The second-order valence-electron chi connectivity index (χ2n) is 4.41. The molecule has 2 aromatic carbocycles. The van der Waals surface area contributed by atoms with Crippen LogP contribution in [0.4, 0.5) is 0 Å². The number of hydrogen-bond donors (Lipinski definition) is 0. The molecule has 0 N–H and O–H groups in total. The van der Waals surface area contributed by atoms with Gasteiger partial charge in [0.2, 0.25) is 0 Å². The Morgan fingerprint density at radius 2 is 1.75 bits per heavy atom. The van der Waals surface area contributed by atoms with Gasteiger partial charge >= 0.3 is 0 Å². The van der Waals surface area contributed by atoms with Crippen LogP contribution in [-0.2, 0) is 9.84 Å². The molecule has 0 unspecified atom stereocenters. The highest BCUT2D eigenvalue weighted by Gasteiger charge is 2.14. The van der Waals surface area contributed by atoms with E-state index in [0.717, 1.165) is 5.56 Å². The molecule has 0 saturated heterocycles. The van der Waals surface area contributed by atoms with E-state index in [-0.39, 0.29) is 15.7 Å². The van der Waals surface area contributed by atoms with Crippen LogP contribution in [0.3, 0.4) is 0 Å². The third-order valence-corrected chi connectivity index (χ3v) is 4.92. The largest absolute Gasteiger partial charge is 0.456 e. The summed E-state index contributed by atoms with van der Waals surface area (Å²) in [5, 5.41) is 0.278. The molecule has 0 radical (unpaired) electrons. The van der Waals surface area contributed by atoms with Crippen molar-refractivity contribution in [2.75, 3.05) is 5.75 Å². The first kappa shape index (κ1) is 14.9. The Labute approximate surface area is 124 Å². The maximum absolute atomic E-state index is 11.8. The normalized spacial score (nSPS) is 11.3. The SMILES string of the molecule is CCS(=O)(=O)c1ccc(Oc2ccc(C)cc2)c(Cl)c1. The lowest BCUT2D eigenvalue weighted by Gasteiger charge is -2.09. The van der Waals surface area contributed by atoms with Crippen molar-refractivity contribution in [3.8, 4) is 11.5 Å². The van der Waals surface area contributed by atoms with Gasteiger partial charge in [-0.05, 0) is 37.3 Å². The molecule has 0 aromatic heterocycles. The number of benzene rings is 2. The minimum absolute atomic E-state index is 0.0431. The minimum Gasteiger partial charge on any atom is -0.456 e. The second-order valence-corrected chi connectivity index (χ2v) is 7.10. The van der Waals surface area contributed by atoms with Crippen LogP contribution < -0.4 is 4.74 Å². The summed E-state index contributed by atoms with van der Waals surface area (Å²) in [6, 6.07) is 12.0. The van der Waals surface area contributed by atoms with Gasteiger partial charge in [-0.25, -0.2) is 8.42 Å². The summed E-state index contributed by atoms with van der Waals surface area (Å²) in [5.41, 5.74) is 1.13. The lowest BCUT2D eigenvalue weighted by atomic mass is 10.2. The monoisotopic (exact) mass is 310 g/mol. The molecule has 2 rings (SSSR count). The molecule has 0 aliphatic heterocycles. The third kappa shape index (κ3) is 3.32. The van der Waals surface area contributed by atoms with Gasteiger partial charge in [0.05, 0.1) is 15.7 Å². The summed E-state index contributed by atoms with van der Waals surface area (Å²) < 4.78 is 29.2. The molecule has 2 aromatic rings. The fourth-order valence-electron chi connectivity index (χ4n) is 1.66. The number of rotatable bonds is 4. The van der Waals surface area contributed by atoms with Gasteiger partial charge in [0.25, 0.3) is 0 Å². The Hall–Kier alpha value is -1.52. The maximum atomic E-state index is 11.8. The first-order chi connectivity index (χ1) is 9.42. The van der Waals surface area contributed by atoms with Crippen molar-refractivity contribution in [2.45, 2.75) is 18.7 Å². The smallest absolute Gasteiger partial charge is 0.178 e. The van der Waals surface area contributed by atoms with Gasteiger partial charge in [0.15, 0.2) is 9.84 Å². The zero-order chi connectivity index (χ0) is 14.8. The molecule has 0 fully saturated rings. The van der Waals surface area contributed by atoms with E-state index in [0.29, 0.717) is 11.5 Å². The van der Waals surface area contributed by atoms with Crippen molar-refractivity contribution in [3.05, 3.63) is 53.1 Å². The van der Waals surface area contributed by atoms with Crippen molar-refractivity contribution in [2.24, 2.45) is 0 Å². The Balaban J connectivity index is 2.29. The molecule has 0 bridgehead atoms. The highest BCUT2D eigenvalue weighted by molar-refractivity contribution is 7.91. The van der Waals surface area contributed by atoms with Gasteiger partial charge in [-0.1, -0.05) is 36.2 Å². The number of sulfone groups is 1. The van der Waals surface area contributed by atoms with E-state index in [1.165, 1.54) is 12.1 Å². The Kier molecular flexibility index (Phi) is 4.35. The maximum Gasteiger partial charge on any atom is 0.178 e. The lowest BCUT2D eigenvalue weighted by Crippen LogP contribution is -2.03. The van der Waals surface area contributed by atoms with Gasteiger partial charge < -0.3 is 4.74 Å². The van der Waals surface area contributed by atoms with Gasteiger partial charge in [-0.15, -0.1) is 0 Å². The average molecular weight is 311 g/mol. The molecule has 0 amide bonds. The van der Waals surface area contributed by atoms with Gasteiger partial charge in [-0.2, -0.15) is 0 Å². The van der Waals surface area contributed by atoms with E-state index < -0.39 is 9.84 Å². The summed E-state index contributed by atoms with van der Waals surface area (Å²) in [4.78, 5) is 0.209. The van der Waals surface area contributed by atoms with Crippen molar-refractivity contribution in [1.82, 2.24) is 0 Å².